The first-order valence-electron chi connectivity index (χ1n) is 7.22. The zero-order chi connectivity index (χ0) is 17.7. The summed E-state index contributed by atoms with van der Waals surface area (Å²) in [7, 11) is 0. The number of para-hydroxylation sites is 1. The molecular weight excluding hydrogens is 331 g/mol. The van der Waals surface area contributed by atoms with Crippen molar-refractivity contribution in [2.45, 2.75) is 19.4 Å². The third-order valence-electron chi connectivity index (χ3n) is 3.42. The molecule has 2 aromatic rings. The maximum Gasteiger partial charge on any atom is 0.258 e. The number of hydrogen-bond donors (Lipinski definition) is 1. The Bertz CT molecular complexity index is 800. The SMILES string of the molecule is CC(C)(NC(=O)COc1ccccc1C#N)c1ccc(F)cc1Cl. The highest BCUT2D eigenvalue weighted by Crippen LogP contribution is 2.28. The van der Waals surface area contributed by atoms with E-state index in [4.69, 9.17) is 21.6 Å². The number of ether oxygens (including phenoxy) is 1. The largest absolute Gasteiger partial charge is 0.482 e. The van der Waals surface area contributed by atoms with E-state index in [0.717, 1.165) is 0 Å². The van der Waals surface area contributed by atoms with E-state index in [1.807, 2.05) is 6.07 Å². The lowest BCUT2D eigenvalue weighted by Gasteiger charge is -2.28. The smallest absolute Gasteiger partial charge is 0.258 e. The van der Waals surface area contributed by atoms with Crippen LogP contribution in [0.3, 0.4) is 0 Å². The fourth-order valence-electron chi connectivity index (χ4n) is 2.28. The van der Waals surface area contributed by atoms with Crippen molar-refractivity contribution < 1.29 is 13.9 Å². The molecule has 1 N–H and O–H groups in total. The molecule has 24 heavy (non-hydrogen) atoms. The number of carbonyl (C=O) groups excluding carboxylic acids is 1. The molecule has 6 heteroatoms. The van der Waals surface area contributed by atoms with Gasteiger partial charge in [-0.3, -0.25) is 4.79 Å². The normalized spacial score (nSPS) is 10.8. The average molecular weight is 347 g/mol. The van der Waals surface area contributed by atoms with E-state index in [-0.39, 0.29) is 17.5 Å². The third kappa shape index (κ3) is 4.24. The van der Waals surface area contributed by atoms with Crippen molar-refractivity contribution >= 4 is 17.5 Å². The number of hydrogen-bond acceptors (Lipinski definition) is 3. The number of benzene rings is 2. The summed E-state index contributed by atoms with van der Waals surface area (Å²) in [6, 6.07) is 12.7. The van der Waals surface area contributed by atoms with Gasteiger partial charge in [0.2, 0.25) is 0 Å². The van der Waals surface area contributed by atoms with E-state index in [0.29, 0.717) is 16.9 Å². The monoisotopic (exact) mass is 346 g/mol. The molecule has 124 valence electrons. The van der Waals surface area contributed by atoms with Crippen molar-refractivity contribution in [3.05, 3.63) is 64.4 Å². The Hall–Kier alpha value is -2.58. The fraction of sp³-hybridized carbons (Fsp3) is 0.222. The van der Waals surface area contributed by atoms with E-state index in [1.54, 1.807) is 38.1 Å². The molecule has 0 aliphatic rings. The van der Waals surface area contributed by atoms with Crippen LogP contribution in [0.4, 0.5) is 4.39 Å². The average Bonchev–Trinajstić information content (AvgIpc) is 2.52. The van der Waals surface area contributed by atoms with Gasteiger partial charge in [-0.1, -0.05) is 29.8 Å². The van der Waals surface area contributed by atoms with Crippen LogP contribution in [0.15, 0.2) is 42.5 Å². The highest BCUT2D eigenvalue weighted by Gasteiger charge is 2.25. The Morgan fingerprint density at radius 2 is 2.04 bits per heavy atom. The fourth-order valence-corrected chi connectivity index (χ4v) is 2.68. The van der Waals surface area contributed by atoms with Crippen molar-refractivity contribution in [2.24, 2.45) is 0 Å². The van der Waals surface area contributed by atoms with Crippen molar-refractivity contribution in [1.82, 2.24) is 5.32 Å². The number of carbonyl (C=O) groups is 1. The number of rotatable bonds is 5. The van der Waals surface area contributed by atoms with E-state index >= 15 is 0 Å². The molecule has 0 bridgehead atoms. The predicted molar refractivity (Wildman–Crippen MR) is 89.2 cm³/mol. The molecule has 0 radical (unpaired) electrons. The molecule has 1 amide bonds. The Balaban J connectivity index is 2.04. The lowest BCUT2D eigenvalue weighted by Crippen LogP contribution is -2.43. The van der Waals surface area contributed by atoms with Gasteiger partial charge in [0.05, 0.1) is 11.1 Å². The quantitative estimate of drug-likeness (QED) is 0.896. The second kappa shape index (κ2) is 7.33. The lowest BCUT2D eigenvalue weighted by molar-refractivity contribution is -0.124. The molecule has 0 aliphatic heterocycles. The molecule has 0 heterocycles. The summed E-state index contributed by atoms with van der Waals surface area (Å²) in [5.74, 6) is -0.483. The summed E-state index contributed by atoms with van der Waals surface area (Å²) in [6.45, 7) is 3.27. The van der Waals surface area contributed by atoms with Gasteiger partial charge in [0.25, 0.3) is 5.91 Å². The maximum atomic E-state index is 13.2. The third-order valence-corrected chi connectivity index (χ3v) is 3.74. The van der Waals surface area contributed by atoms with Crippen molar-refractivity contribution in [2.75, 3.05) is 6.61 Å². The number of halogens is 2. The first kappa shape index (κ1) is 17.8. The van der Waals surface area contributed by atoms with Crippen LogP contribution in [0.25, 0.3) is 0 Å². The van der Waals surface area contributed by atoms with Gasteiger partial charge in [-0.25, -0.2) is 4.39 Å². The summed E-state index contributed by atoms with van der Waals surface area (Å²) >= 11 is 6.05. The first-order valence-corrected chi connectivity index (χ1v) is 7.60. The molecule has 0 atom stereocenters. The summed E-state index contributed by atoms with van der Waals surface area (Å²) in [5, 5.41) is 12.0. The Kier molecular flexibility index (Phi) is 5.42. The van der Waals surface area contributed by atoms with E-state index in [1.165, 1.54) is 18.2 Å². The molecule has 0 fully saturated rings. The van der Waals surface area contributed by atoms with Crippen LogP contribution in [0.2, 0.25) is 5.02 Å². The zero-order valence-electron chi connectivity index (χ0n) is 13.3. The van der Waals surface area contributed by atoms with Gasteiger partial charge in [-0.2, -0.15) is 5.26 Å². The van der Waals surface area contributed by atoms with Crippen molar-refractivity contribution in [3.63, 3.8) is 0 Å². The van der Waals surface area contributed by atoms with E-state index in [9.17, 15) is 9.18 Å². The molecule has 0 saturated carbocycles. The van der Waals surface area contributed by atoms with Crippen LogP contribution in [0, 0.1) is 17.1 Å². The minimum absolute atomic E-state index is 0.232. The Labute approximate surface area is 144 Å². The zero-order valence-corrected chi connectivity index (χ0v) is 14.0. The summed E-state index contributed by atoms with van der Waals surface area (Å²) in [6.07, 6.45) is 0. The van der Waals surface area contributed by atoms with Gasteiger partial charge >= 0.3 is 0 Å². The van der Waals surface area contributed by atoms with Crippen LogP contribution >= 0.6 is 11.6 Å². The minimum atomic E-state index is -0.806. The highest BCUT2D eigenvalue weighted by molar-refractivity contribution is 6.31. The van der Waals surface area contributed by atoms with Crippen LogP contribution in [0.5, 0.6) is 5.75 Å². The predicted octanol–water partition coefficient (Wildman–Crippen LogP) is 3.78. The van der Waals surface area contributed by atoms with Crippen LogP contribution < -0.4 is 10.1 Å². The van der Waals surface area contributed by atoms with Crippen LogP contribution in [-0.4, -0.2) is 12.5 Å². The van der Waals surface area contributed by atoms with Crippen molar-refractivity contribution in [3.8, 4) is 11.8 Å². The molecule has 0 aromatic heterocycles. The van der Waals surface area contributed by atoms with Crippen molar-refractivity contribution in [1.29, 1.82) is 5.26 Å². The van der Waals surface area contributed by atoms with Crippen LogP contribution in [-0.2, 0) is 10.3 Å². The second-order valence-electron chi connectivity index (χ2n) is 5.69. The molecule has 0 saturated heterocycles. The number of nitrogens with one attached hydrogen (secondary N) is 1. The van der Waals surface area contributed by atoms with Gasteiger partial charge in [0.15, 0.2) is 6.61 Å². The molecule has 2 aromatic carbocycles. The first-order chi connectivity index (χ1) is 11.3. The van der Waals surface area contributed by atoms with E-state index in [2.05, 4.69) is 5.32 Å². The van der Waals surface area contributed by atoms with Gasteiger partial charge in [0, 0.05) is 5.02 Å². The van der Waals surface area contributed by atoms with Crippen LogP contribution in [0.1, 0.15) is 25.0 Å². The lowest BCUT2D eigenvalue weighted by atomic mass is 9.94. The van der Waals surface area contributed by atoms with Gasteiger partial charge in [-0.15, -0.1) is 0 Å². The topological polar surface area (TPSA) is 62.1 Å². The van der Waals surface area contributed by atoms with Gasteiger partial charge in [-0.05, 0) is 43.7 Å². The summed E-state index contributed by atoms with van der Waals surface area (Å²) < 4.78 is 18.6. The van der Waals surface area contributed by atoms with Gasteiger partial charge < -0.3 is 10.1 Å². The molecule has 4 nitrogen and oxygen atoms in total. The number of nitrogens with zero attached hydrogens (tertiary/aromatic N) is 1. The summed E-state index contributed by atoms with van der Waals surface area (Å²) in [4.78, 5) is 12.1. The highest BCUT2D eigenvalue weighted by atomic mass is 35.5. The molecule has 2 rings (SSSR count). The van der Waals surface area contributed by atoms with Gasteiger partial charge in [0.1, 0.15) is 17.6 Å². The molecule has 0 aliphatic carbocycles. The Morgan fingerprint density at radius 3 is 2.71 bits per heavy atom. The molecule has 0 spiro atoms. The number of nitriles is 1. The number of amides is 1. The minimum Gasteiger partial charge on any atom is -0.482 e. The summed E-state index contributed by atoms with van der Waals surface area (Å²) in [5.41, 5.74) is 0.141. The second-order valence-corrected chi connectivity index (χ2v) is 6.10. The molecular formula is C18H16ClFN2O2. The maximum absolute atomic E-state index is 13.2. The Morgan fingerprint density at radius 1 is 1.33 bits per heavy atom. The molecule has 0 unspecified atom stereocenters. The standard InChI is InChI=1S/C18H16ClFN2O2/c1-18(2,14-8-7-13(20)9-15(14)19)22-17(23)11-24-16-6-4-3-5-12(16)10-21/h3-9H,11H2,1-2H3,(H,22,23). The van der Waals surface area contributed by atoms with E-state index < -0.39 is 11.4 Å².